The second kappa shape index (κ2) is 14.3. The van der Waals surface area contributed by atoms with Crippen LogP contribution in [0.2, 0.25) is 0 Å². The maximum Gasteiger partial charge on any atom is 0.257 e. The number of carbonyl (C=O) groups excluding carboxylic acids is 2. The molecule has 0 aliphatic rings. The van der Waals surface area contributed by atoms with Crippen molar-refractivity contribution in [2.45, 2.75) is 34.1 Å². The third-order valence-corrected chi connectivity index (χ3v) is 5.50. The molecule has 0 aliphatic heterocycles. The van der Waals surface area contributed by atoms with Crippen LogP contribution in [0.4, 0.5) is 5.69 Å². The fourth-order valence-corrected chi connectivity index (χ4v) is 3.36. The van der Waals surface area contributed by atoms with Gasteiger partial charge in [-0.15, -0.1) is 0 Å². The van der Waals surface area contributed by atoms with Gasteiger partial charge in [0, 0.05) is 29.9 Å². The molecule has 2 aromatic rings. The monoisotopic (exact) mass is 484 g/mol. The Morgan fingerprint density at radius 1 is 1.00 bits per heavy atom. The number of benzene rings is 2. The number of hydrogen-bond acceptors (Lipinski definition) is 5. The van der Waals surface area contributed by atoms with Crippen LogP contribution in [-0.2, 0) is 0 Å². The summed E-state index contributed by atoms with van der Waals surface area (Å²) in [5.74, 6) is 0.759. The second-order valence-corrected chi connectivity index (χ2v) is 8.74. The highest BCUT2D eigenvalue weighted by Gasteiger charge is 2.10. The quantitative estimate of drug-likeness (QED) is 0.390. The number of ether oxygens (including phenoxy) is 1. The molecule has 0 bridgehead atoms. The fourth-order valence-electron chi connectivity index (χ4n) is 3.15. The maximum absolute atomic E-state index is 12.6. The number of anilines is 1. The summed E-state index contributed by atoms with van der Waals surface area (Å²) in [5.41, 5.74) is 1.70. The number of thiocarbonyl (C=S) groups is 1. The molecule has 2 amide bonds. The molecule has 8 heteroatoms. The van der Waals surface area contributed by atoms with E-state index in [9.17, 15) is 9.59 Å². The van der Waals surface area contributed by atoms with Gasteiger partial charge in [0.15, 0.2) is 5.11 Å². The normalized spacial score (nSPS) is 10.8. The number of hydrogen-bond donors (Lipinski definition) is 3. The molecular formula is C26H36N4O3S. The summed E-state index contributed by atoms with van der Waals surface area (Å²) in [7, 11) is 0. The fraction of sp³-hybridized carbons (Fsp3) is 0.423. The molecule has 0 heterocycles. The summed E-state index contributed by atoms with van der Waals surface area (Å²) in [6.07, 6.45) is 0.946. The lowest BCUT2D eigenvalue weighted by atomic mass is 10.1. The number of nitrogens with zero attached hydrogens (tertiary/aromatic N) is 1. The average molecular weight is 485 g/mol. The number of nitrogens with one attached hydrogen (secondary N) is 3. The lowest BCUT2D eigenvalue weighted by molar-refractivity contribution is 0.0947. The molecule has 0 saturated carbocycles. The Hall–Kier alpha value is -2.97. The van der Waals surface area contributed by atoms with Crippen molar-refractivity contribution in [3.8, 4) is 5.75 Å². The molecule has 0 radical (unpaired) electrons. The standard InChI is InChI=1S/C26H36N4O3S/c1-5-30(6-2)16-15-27-24(31)20-10-12-22(13-11-20)28-26(34)29-25(32)21-8-7-9-23(18-21)33-17-14-19(3)4/h7-13,18-19H,5-6,14-17H2,1-4H3,(H,27,31)(H2,28,29,32,34). The maximum atomic E-state index is 12.6. The van der Waals surface area contributed by atoms with Gasteiger partial charge in [-0.2, -0.15) is 0 Å². The van der Waals surface area contributed by atoms with E-state index in [0.717, 1.165) is 26.1 Å². The van der Waals surface area contributed by atoms with E-state index in [2.05, 4.69) is 48.5 Å². The summed E-state index contributed by atoms with van der Waals surface area (Å²) in [6.45, 7) is 12.4. The number of rotatable bonds is 12. The molecule has 184 valence electrons. The minimum atomic E-state index is -0.323. The summed E-state index contributed by atoms with van der Waals surface area (Å²) in [4.78, 5) is 27.1. The molecule has 0 atom stereocenters. The Morgan fingerprint density at radius 2 is 1.71 bits per heavy atom. The van der Waals surface area contributed by atoms with Gasteiger partial charge in [-0.25, -0.2) is 0 Å². The highest BCUT2D eigenvalue weighted by atomic mass is 32.1. The van der Waals surface area contributed by atoms with Gasteiger partial charge >= 0.3 is 0 Å². The van der Waals surface area contributed by atoms with E-state index in [1.54, 1.807) is 42.5 Å². The van der Waals surface area contributed by atoms with E-state index in [1.807, 2.05) is 6.07 Å². The first-order valence-corrected chi connectivity index (χ1v) is 12.2. The molecular weight excluding hydrogens is 448 g/mol. The molecule has 2 aromatic carbocycles. The lowest BCUT2D eigenvalue weighted by Crippen LogP contribution is -2.35. The van der Waals surface area contributed by atoms with E-state index in [-0.39, 0.29) is 16.9 Å². The van der Waals surface area contributed by atoms with Gasteiger partial charge in [0.05, 0.1) is 6.61 Å². The van der Waals surface area contributed by atoms with Crippen molar-refractivity contribution in [1.82, 2.24) is 15.5 Å². The van der Waals surface area contributed by atoms with Gasteiger partial charge in [-0.3, -0.25) is 14.9 Å². The van der Waals surface area contributed by atoms with Crippen LogP contribution in [0.5, 0.6) is 5.75 Å². The predicted octanol–water partition coefficient (Wildman–Crippen LogP) is 4.31. The van der Waals surface area contributed by atoms with Crippen LogP contribution in [0, 0.1) is 5.92 Å². The van der Waals surface area contributed by atoms with Gasteiger partial charge in [-0.1, -0.05) is 33.8 Å². The highest BCUT2D eigenvalue weighted by Crippen LogP contribution is 2.15. The van der Waals surface area contributed by atoms with E-state index < -0.39 is 0 Å². The zero-order chi connectivity index (χ0) is 24.9. The molecule has 2 rings (SSSR count). The van der Waals surface area contributed by atoms with E-state index in [0.29, 0.717) is 41.6 Å². The molecule has 0 spiro atoms. The molecule has 0 unspecified atom stereocenters. The number of carbonyl (C=O) groups is 2. The first kappa shape index (κ1) is 27.3. The first-order chi connectivity index (χ1) is 16.3. The third kappa shape index (κ3) is 9.49. The van der Waals surface area contributed by atoms with Crippen LogP contribution in [0.15, 0.2) is 48.5 Å². The SMILES string of the molecule is CCN(CC)CCNC(=O)c1ccc(NC(=S)NC(=O)c2cccc(OCCC(C)C)c2)cc1. The van der Waals surface area contributed by atoms with Crippen LogP contribution in [0.25, 0.3) is 0 Å². The van der Waals surface area contributed by atoms with Gasteiger partial charge in [0.2, 0.25) is 0 Å². The predicted molar refractivity (Wildman–Crippen MR) is 142 cm³/mol. The van der Waals surface area contributed by atoms with Gasteiger partial charge in [-0.05, 0) is 80.1 Å². The van der Waals surface area contributed by atoms with Crippen LogP contribution >= 0.6 is 12.2 Å². The molecule has 0 fully saturated rings. The second-order valence-electron chi connectivity index (χ2n) is 8.33. The van der Waals surface area contributed by atoms with Crippen LogP contribution in [-0.4, -0.2) is 54.6 Å². The van der Waals surface area contributed by atoms with Crippen molar-refractivity contribution in [3.63, 3.8) is 0 Å². The molecule has 0 saturated heterocycles. The summed E-state index contributed by atoms with van der Waals surface area (Å²) in [6, 6.07) is 14.0. The van der Waals surface area contributed by atoms with Crippen molar-refractivity contribution >= 4 is 34.8 Å². The van der Waals surface area contributed by atoms with Crippen LogP contribution in [0.1, 0.15) is 54.8 Å². The van der Waals surface area contributed by atoms with Crippen molar-refractivity contribution in [1.29, 1.82) is 0 Å². The van der Waals surface area contributed by atoms with Gasteiger partial charge in [0.1, 0.15) is 5.75 Å². The zero-order valence-electron chi connectivity index (χ0n) is 20.5. The zero-order valence-corrected chi connectivity index (χ0v) is 21.3. The Labute approximate surface area is 208 Å². The molecule has 7 nitrogen and oxygen atoms in total. The van der Waals surface area contributed by atoms with E-state index in [1.165, 1.54) is 0 Å². The van der Waals surface area contributed by atoms with Crippen molar-refractivity contribution < 1.29 is 14.3 Å². The minimum absolute atomic E-state index is 0.120. The van der Waals surface area contributed by atoms with Crippen LogP contribution in [0.3, 0.4) is 0 Å². The van der Waals surface area contributed by atoms with Gasteiger partial charge < -0.3 is 20.3 Å². The molecule has 0 aliphatic carbocycles. The lowest BCUT2D eigenvalue weighted by Gasteiger charge is -2.18. The number of likely N-dealkylation sites (N-methyl/N-ethyl adjacent to an activating group) is 1. The van der Waals surface area contributed by atoms with Crippen molar-refractivity contribution in [3.05, 3.63) is 59.7 Å². The highest BCUT2D eigenvalue weighted by molar-refractivity contribution is 7.80. The van der Waals surface area contributed by atoms with Gasteiger partial charge in [0.25, 0.3) is 11.8 Å². The first-order valence-electron chi connectivity index (χ1n) is 11.8. The Morgan fingerprint density at radius 3 is 2.35 bits per heavy atom. The Balaban J connectivity index is 1.83. The number of amides is 2. The topological polar surface area (TPSA) is 82.7 Å². The Bertz CT molecular complexity index is 943. The summed E-state index contributed by atoms with van der Waals surface area (Å²) in [5, 5.41) is 8.75. The third-order valence-electron chi connectivity index (χ3n) is 5.30. The Kier molecular flexibility index (Phi) is 11.5. The summed E-state index contributed by atoms with van der Waals surface area (Å²) >= 11 is 5.27. The smallest absolute Gasteiger partial charge is 0.257 e. The van der Waals surface area contributed by atoms with E-state index >= 15 is 0 Å². The van der Waals surface area contributed by atoms with Crippen molar-refractivity contribution in [2.24, 2.45) is 5.92 Å². The molecule has 3 N–H and O–H groups in total. The molecule has 34 heavy (non-hydrogen) atoms. The average Bonchev–Trinajstić information content (AvgIpc) is 2.82. The minimum Gasteiger partial charge on any atom is -0.494 e. The summed E-state index contributed by atoms with van der Waals surface area (Å²) < 4.78 is 5.72. The van der Waals surface area contributed by atoms with Crippen molar-refractivity contribution in [2.75, 3.05) is 38.1 Å². The largest absolute Gasteiger partial charge is 0.494 e. The van der Waals surface area contributed by atoms with Crippen LogP contribution < -0.4 is 20.7 Å². The van der Waals surface area contributed by atoms with E-state index in [4.69, 9.17) is 17.0 Å². The molecule has 0 aromatic heterocycles.